The molecule has 0 fully saturated rings. The minimum atomic E-state index is -4.83. The molecule has 0 aliphatic carbocycles. The first kappa shape index (κ1) is 14.6. The zero-order valence-corrected chi connectivity index (χ0v) is 10.8. The van der Waals surface area contributed by atoms with Gasteiger partial charge in [-0.2, -0.15) is 5.26 Å². The molecule has 0 aromatic carbocycles. The molecule has 0 radical (unpaired) electrons. The van der Waals surface area contributed by atoms with E-state index >= 15 is 0 Å². The van der Waals surface area contributed by atoms with Crippen LogP contribution in [-0.4, -0.2) is 18.5 Å². The van der Waals surface area contributed by atoms with Gasteiger partial charge in [-0.15, -0.1) is 13.2 Å². The highest BCUT2D eigenvalue weighted by molar-refractivity contribution is 9.08. The normalized spacial score (nSPS) is 10.9. The number of nitrogens with zero attached hydrogens (tertiary/aromatic N) is 2. The molecular weight excluding hydrogens is 317 g/mol. The SMILES string of the molecule is COc1nc(CC#N)c(OC(F)(F)F)cc1CBr. The van der Waals surface area contributed by atoms with Crippen molar-refractivity contribution in [2.24, 2.45) is 0 Å². The highest BCUT2D eigenvalue weighted by Crippen LogP contribution is 2.31. The van der Waals surface area contributed by atoms with Crippen LogP contribution >= 0.6 is 15.9 Å². The number of halogens is 4. The first-order chi connectivity index (χ1) is 8.41. The Balaban J connectivity index is 3.25. The second-order valence-electron chi connectivity index (χ2n) is 3.12. The molecule has 0 N–H and O–H groups in total. The van der Waals surface area contributed by atoms with E-state index in [1.54, 1.807) is 6.07 Å². The van der Waals surface area contributed by atoms with Gasteiger partial charge in [0.25, 0.3) is 0 Å². The van der Waals surface area contributed by atoms with Crippen LogP contribution < -0.4 is 9.47 Å². The summed E-state index contributed by atoms with van der Waals surface area (Å²) in [5.41, 5.74) is 0.287. The van der Waals surface area contributed by atoms with Crippen molar-refractivity contribution < 1.29 is 22.6 Å². The lowest BCUT2D eigenvalue weighted by atomic mass is 10.2. The van der Waals surface area contributed by atoms with Gasteiger partial charge >= 0.3 is 6.36 Å². The lowest BCUT2D eigenvalue weighted by Crippen LogP contribution is -2.19. The summed E-state index contributed by atoms with van der Waals surface area (Å²) in [6.07, 6.45) is -5.13. The average molecular weight is 325 g/mol. The summed E-state index contributed by atoms with van der Waals surface area (Å²) in [5, 5.41) is 8.81. The Morgan fingerprint density at radius 3 is 2.61 bits per heavy atom. The Kier molecular flexibility index (Phi) is 4.78. The van der Waals surface area contributed by atoms with Gasteiger partial charge in [0.1, 0.15) is 5.69 Å². The average Bonchev–Trinajstić information content (AvgIpc) is 2.29. The Hall–Kier alpha value is -1.49. The van der Waals surface area contributed by atoms with Crippen LogP contribution in [0, 0.1) is 11.3 Å². The van der Waals surface area contributed by atoms with E-state index in [0.717, 1.165) is 6.07 Å². The quantitative estimate of drug-likeness (QED) is 0.799. The number of rotatable bonds is 4. The molecule has 1 aromatic heterocycles. The fourth-order valence-electron chi connectivity index (χ4n) is 1.24. The molecule has 0 spiro atoms. The van der Waals surface area contributed by atoms with Crippen molar-refractivity contribution in [1.29, 1.82) is 5.26 Å². The number of hydrogen-bond donors (Lipinski definition) is 0. The van der Waals surface area contributed by atoms with Gasteiger partial charge in [0.15, 0.2) is 5.75 Å². The molecule has 0 bridgehead atoms. The minimum absolute atomic E-state index is 0.114. The van der Waals surface area contributed by atoms with Crippen molar-refractivity contribution in [2.45, 2.75) is 18.1 Å². The highest BCUT2D eigenvalue weighted by Gasteiger charge is 2.33. The van der Waals surface area contributed by atoms with Crippen LogP contribution in [0.2, 0.25) is 0 Å². The van der Waals surface area contributed by atoms with Crippen molar-refractivity contribution >= 4 is 15.9 Å². The third-order valence-corrected chi connectivity index (χ3v) is 2.51. The molecule has 1 aromatic rings. The predicted octanol–water partition coefficient (Wildman–Crippen LogP) is 2.95. The summed E-state index contributed by atoms with van der Waals surface area (Å²) in [6, 6.07) is 2.88. The van der Waals surface area contributed by atoms with Gasteiger partial charge in [-0.1, -0.05) is 15.9 Å². The van der Waals surface area contributed by atoms with Crippen LogP contribution in [0.25, 0.3) is 0 Å². The number of aromatic nitrogens is 1. The Morgan fingerprint density at radius 2 is 2.17 bits per heavy atom. The molecule has 0 unspecified atom stereocenters. The second kappa shape index (κ2) is 5.91. The zero-order valence-electron chi connectivity index (χ0n) is 9.21. The maximum absolute atomic E-state index is 12.2. The maximum Gasteiger partial charge on any atom is 0.573 e. The fourth-order valence-corrected chi connectivity index (χ4v) is 1.64. The molecule has 0 saturated carbocycles. The molecule has 4 nitrogen and oxygen atoms in total. The van der Waals surface area contributed by atoms with Crippen LogP contribution in [0.15, 0.2) is 6.07 Å². The number of alkyl halides is 4. The Bertz CT molecular complexity index is 471. The Morgan fingerprint density at radius 1 is 1.50 bits per heavy atom. The summed E-state index contributed by atoms with van der Waals surface area (Å²) >= 11 is 3.10. The van der Waals surface area contributed by atoms with Gasteiger partial charge in [0.2, 0.25) is 5.88 Å². The van der Waals surface area contributed by atoms with Crippen LogP contribution in [0.4, 0.5) is 13.2 Å². The van der Waals surface area contributed by atoms with Crippen LogP contribution in [0.1, 0.15) is 11.3 Å². The van der Waals surface area contributed by atoms with E-state index in [4.69, 9.17) is 10.00 Å². The number of hydrogen-bond acceptors (Lipinski definition) is 4. The van der Waals surface area contributed by atoms with Gasteiger partial charge < -0.3 is 9.47 Å². The van der Waals surface area contributed by atoms with E-state index in [1.165, 1.54) is 7.11 Å². The summed E-state index contributed by atoms with van der Waals surface area (Å²) in [4.78, 5) is 3.84. The van der Waals surface area contributed by atoms with Crippen LogP contribution in [0.5, 0.6) is 11.6 Å². The summed E-state index contributed by atoms with van der Waals surface area (Å²) in [5.74, 6) is -0.328. The molecule has 1 rings (SSSR count). The standard InChI is InChI=1S/C10H8BrF3N2O2/c1-17-9-6(5-11)4-8(18-10(12,13)14)7(16-9)2-3-15/h4H,2,5H2,1H3. The van der Waals surface area contributed by atoms with E-state index < -0.39 is 12.1 Å². The molecule has 8 heteroatoms. The van der Waals surface area contributed by atoms with Gasteiger partial charge in [-0.3, -0.25) is 0 Å². The molecule has 0 amide bonds. The topological polar surface area (TPSA) is 55.1 Å². The van der Waals surface area contributed by atoms with Crippen molar-refractivity contribution in [3.8, 4) is 17.7 Å². The molecule has 98 valence electrons. The summed E-state index contributed by atoms with van der Waals surface area (Å²) in [6.45, 7) is 0. The zero-order chi connectivity index (χ0) is 13.8. The lowest BCUT2D eigenvalue weighted by molar-refractivity contribution is -0.275. The van der Waals surface area contributed by atoms with Crippen molar-refractivity contribution in [3.05, 3.63) is 17.3 Å². The maximum atomic E-state index is 12.2. The largest absolute Gasteiger partial charge is 0.573 e. The molecule has 0 atom stereocenters. The van der Waals surface area contributed by atoms with E-state index in [2.05, 4.69) is 25.7 Å². The predicted molar refractivity (Wildman–Crippen MR) is 59.4 cm³/mol. The first-order valence-corrected chi connectivity index (χ1v) is 5.79. The van der Waals surface area contributed by atoms with E-state index in [0.29, 0.717) is 5.56 Å². The molecule has 0 saturated heterocycles. The van der Waals surface area contributed by atoms with Gasteiger partial charge in [-0.25, -0.2) is 4.98 Å². The monoisotopic (exact) mass is 324 g/mol. The van der Waals surface area contributed by atoms with E-state index in [1.807, 2.05) is 0 Å². The first-order valence-electron chi connectivity index (χ1n) is 4.66. The Labute approximate surface area is 109 Å². The molecule has 1 heterocycles. The van der Waals surface area contributed by atoms with Crippen LogP contribution in [-0.2, 0) is 11.8 Å². The van der Waals surface area contributed by atoms with Crippen molar-refractivity contribution in [2.75, 3.05) is 7.11 Å². The smallest absolute Gasteiger partial charge is 0.481 e. The fraction of sp³-hybridized carbons (Fsp3) is 0.400. The van der Waals surface area contributed by atoms with Crippen molar-refractivity contribution in [3.63, 3.8) is 0 Å². The third-order valence-electron chi connectivity index (χ3n) is 1.91. The molecule has 0 aliphatic rings. The lowest BCUT2D eigenvalue weighted by Gasteiger charge is -2.14. The summed E-state index contributed by atoms with van der Waals surface area (Å²) in [7, 11) is 1.34. The molecule has 0 aliphatic heterocycles. The van der Waals surface area contributed by atoms with E-state index in [9.17, 15) is 13.2 Å². The van der Waals surface area contributed by atoms with Crippen molar-refractivity contribution in [1.82, 2.24) is 4.98 Å². The third kappa shape index (κ3) is 3.77. The molecular formula is C10H8BrF3N2O2. The van der Waals surface area contributed by atoms with Crippen LogP contribution in [0.3, 0.4) is 0 Å². The van der Waals surface area contributed by atoms with E-state index in [-0.39, 0.29) is 23.3 Å². The number of ether oxygens (including phenoxy) is 2. The van der Waals surface area contributed by atoms with Gasteiger partial charge in [0.05, 0.1) is 19.6 Å². The number of pyridine rings is 1. The minimum Gasteiger partial charge on any atom is -0.481 e. The summed E-state index contributed by atoms with van der Waals surface area (Å²) < 4.78 is 45.4. The van der Waals surface area contributed by atoms with Gasteiger partial charge in [-0.05, 0) is 6.07 Å². The second-order valence-corrected chi connectivity index (χ2v) is 3.68. The number of nitriles is 1. The number of methoxy groups -OCH3 is 1. The highest BCUT2D eigenvalue weighted by atomic mass is 79.9. The molecule has 18 heavy (non-hydrogen) atoms. The van der Waals surface area contributed by atoms with Gasteiger partial charge in [0, 0.05) is 10.9 Å².